The molecular formula is C11H11BrN2O2. The molecule has 0 atom stereocenters. The van der Waals surface area contributed by atoms with E-state index in [2.05, 4.69) is 30.9 Å². The summed E-state index contributed by atoms with van der Waals surface area (Å²) in [6, 6.07) is 5.92. The number of aryl methyl sites for hydroxylation is 2. The van der Waals surface area contributed by atoms with Crippen LogP contribution in [0, 0.1) is 13.8 Å². The summed E-state index contributed by atoms with van der Waals surface area (Å²) in [4.78, 5) is 0. The van der Waals surface area contributed by atoms with Crippen molar-refractivity contribution in [2.45, 2.75) is 20.5 Å². The summed E-state index contributed by atoms with van der Waals surface area (Å²) >= 11 is 3.45. The number of hydrogen-bond donors (Lipinski definition) is 0. The van der Waals surface area contributed by atoms with Crippen LogP contribution >= 0.6 is 15.9 Å². The number of hydrogen-bond acceptors (Lipinski definition) is 4. The summed E-state index contributed by atoms with van der Waals surface area (Å²) in [5.74, 6) is 0.785. The Morgan fingerprint density at radius 2 is 2.12 bits per heavy atom. The van der Waals surface area contributed by atoms with Crippen LogP contribution in [0.4, 0.5) is 0 Å². The van der Waals surface area contributed by atoms with E-state index >= 15 is 0 Å². The van der Waals surface area contributed by atoms with E-state index in [1.165, 1.54) is 5.56 Å². The highest BCUT2D eigenvalue weighted by molar-refractivity contribution is 9.10. The Morgan fingerprint density at radius 3 is 2.75 bits per heavy atom. The molecule has 0 amide bonds. The van der Waals surface area contributed by atoms with E-state index in [0.717, 1.165) is 15.9 Å². The summed E-state index contributed by atoms with van der Waals surface area (Å²) in [6.07, 6.45) is 0. The van der Waals surface area contributed by atoms with Gasteiger partial charge >= 0.3 is 0 Å². The summed E-state index contributed by atoms with van der Waals surface area (Å²) in [5, 5.41) is 7.44. The van der Waals surface area contributed by atoms with Crippen molar-refractivity contribution in [2.24, 2.45) is 0 Å². The molecular weight excluding hydrogens is 272 g/mol. The third-order valence-corrected chi connectivity index (χ3v) is 2.82. The molecule has 16 heavy (non-hydrogen) atoms. The first-order chi connectivity index (χ1) is 7.66. The minimum absolute atomic E-state index is 0.358. The Morgan fingerprint density at radius 1 is 1.31 bits per heavy atom. The van der Waals surface area contributed by atoms with Crippen LogP contribution in [-0.4, -0.2) is 10.3 Å². The SMILES string of the molecule is Cc1ccc(OCc2nonc2C)c(Br)c1. The third-order valence-electron chi connectivity index (χ3n) is 2.20. The molecule has 2 aromatic rings. The second-order valence-electron chi connectivity index (χ2n) is 3.52. The Bertz CT molecular complexity index is 496. The van der Waals surface area contributed by atoms with Gasteiger partial charge in [0.05, 0.1) is 4.47 Å². The van der Waals surface area contributed by atoms with Gasteiger partial charge in [-0.1, -0.05) is 16.4 Å². The van der Waals surface area contributed by atoms with E-state index in [1.807, 2.05) is 32.0 Å². The quantitative estimate of drug-likeness (QED) is 0.868. The van der Waals surface area contributed by atoms with Crippen molar-refractivity contribution in [3.63, 3.8) is 0 Å². The Labute approximate surface area is 102 Å². The molecule has 0 aliphatic rings. The maximum atomic E-state index is 5.61. The maximum Gasteiger partial charge on any atom is 0.145 e. The number of ether oxygens (including phenoxy) is 1. The van der Waals surface area contributed by atoms with Gasteiger partial charge in [-0.3, -0.25) is 0 Å². The fourth-order valence-corrected chi connectivity index (χ4v) is 1.86. The standard InChI is InChI=1S/C11H11BrN2O2/c1-7-3-4-11(9(12)5-7)15-6-10-8(2)13-16-14-10/h3-5H,6H2,1-2H3. The van der Waals surface area contributed by atoms with E-state index in [0.29, 0.717) is 12.3 Å². The number of benzene rings is 1. The largest absolute Gasteiger partial charge is 0.486 e. The summed E-state index contributed by atoms with van der Waals surface area (Å²) in [5.41, 5.74) is 2.65. The first-order valence-electron chi connectivity index (χ1n) is 4.84. The van der Waals surface area contributed by atoms with Crippen LogP contribution < -0.4 is 4.74 Å². The van der Waals surface area contributed by atoms with Gasteiger partial charge in [0.1, 0.15) is 23.7 Å². The van der Waals surface area contributed by atoms with E-state index < -0.39 is 0 Å². The van der Waals surface area contributed by atoms with Crippen LogP contribution in [-0.2, 0) is 6.61 Å². The van der Waals surface area contributed by atoms with Crippen molar-refractivity contribution < 1.29 is 9.37 Å². The predicted molar refractivity (Wildman–Crippen MR) is 62.2 cm³/mol. The third kappa shape index (κ3) is 2.41. The first kappa shape index (κ1) is 11.1. The smallest absolute Gasteiger partial charge is 0.145 e. The molecule has 1 heterocycles. The lowest BCUT2D eigenvalue weighted by Crippen LogP contribution is -1.98. The van der Waals surface area contributed by atoms with Gasteiger partial charge in [-0.2, -0.15) is 0 Å². The molecule has 4 nitrogen and oxygen atoms in total. The van der Waals surface area contributed by atoms with Gasteiger partial charge in [0.15, 0.2) is 0 Å². The van der Waals surface area contributed by atoms with Crippen molar-refractivity contribution in [3.05, 3.63) is 39.6 Å². The number of halogens is 1. The van der Waals surface area contributed by atoms with E-state index in [9.17, 15) is 0 Å². The van der Waals surface area contributed by atoms with Gasteiger partial charge in [-0.15, -0.1) is 0 Å². The van der Waals surface area contributed by atoms with Gasteiger partial charge in [0.2, 0.25) is 0 Å². The van der Waals surface area contributed by atoms with Crippen molar-refractivity contribution in [1.82, 2.24) is 10.3 Å². The Kier molecular flexibility index (Phi) is 3.24. The molecule has 0 radical (unpaired) electrons. The molecule has 0 saturated carbocycles. The molecule has 0 fully saturated rings. The molecule has 0 bridgehead atoms. The van der Waals surface area contributed by atoms with Gasteiger partial charge in [0, 0.05) is 0 Å². The number of aromatic nitrogens is 2. The first-order valence-corrected chi connectivity index (χ1v) is 5.63. The van der Waals surface area contributed by atoms with Crippen molar-refractivity contribution in [1.29, 1.82) is 0 Å². The minimum atomic E-state index is 0.358. The van der Waals surface area contributed by atoms with Crippen LogP contribution in [0.25, 0.3) is 0 Å². The maximum absolute atomic E-state index is 5.61. The lowest BCUT2D eigenvalue weighted by atomic mass is 10.2. The average Bonchev–Trinajstić information content (AvgIpc) is 2.63. The fraction of sp³-hybridized carbons (Fsp3) is 0.273. The monoisotopic (exact) mass is 282 g/mol. The summed E-state index contributed by atoms with van der Waals surface area (Å²) in [7, 11) is 0. The molecule has 1 aromatic carbocycles. The molecule has 0 aliphatic heterocycles. The molecule has 84 valence electrons. The fourth-order valence-electron chi connectivity index (χ4n) is 1.25. The molecule has 0 spiro atoms. The number of nitrogens with zero attached hydrogens (tertiary/aromatic N) is 2. The van der Waals surface area contributed by atoms with Crippen molar-refractivity contribution >= 4 is 15.9 Å². The van der Waals surface area contributed by atoms with Crippen molar-refractivity contribution in [3.8, 4) is 5.75 Å². The molecule has 5 heteroatoms. The molecule has 0 unspecified atom stereocenters. The number of rotatable bonds is 3. The zero-order valence-corrected chi connectivity index (χ0v) is 10.6. The van der Waals surface area contributed by atoms with Crippen LogP contribution in [0.1, 0.15) is 17.0 Å². The van der Waals surface area contributed by atoms with Gasteiger partial charge < -0.3 is 4.74 Å². The van der Waals surface area contributed by atoms with E-state index in [1.54, 1.807) is 0 Å². The predicted octanol–water partition coefficient (Wildman–Crippen LogP) is 3.03. The normalized spacial score (nSPS) is 10.4. The van der Waals surface area contributed by atoms with Gasteiger partial charge in [0.25, 0.3) is 0 Å². The topological polar surface area (TPSA) is 48.2 Å². The molecule has 0 saturated heterocycles. The van der Waals surface area contributed by atoms with Crippen LogP contribution in [0.5, 0.6) is 5.75 Å². The van der Waals surface area contributed by atoms with Gasteiger partial charge in [-0.25, -0.2) is 4.63 Å². The average molecular weight is 283 g/mol. The highest BCUT2D eigenvalue weighted by Gasteiger charge is 2.07. The zero-order valence-electron chi connectivity index (χ0n) is 9.03. The van der Waals surface area contributed by atoms with Gasteiger partial charge in [-0.05, 0) is 47.5 Å². The molecule has 1 aromatic heterocycles. The zero-order chi connectivity index (χ0) is 11.5. The highest BCUT2D eigenvalue weighted by atomic mass is 79.9. The molecule has 0 N–H and O–H groups in total. The molecule has 0 aliphatic carbocycles. The molecule has 2 rings (SSSR count). The second-order valence-corrected chi connectivity index (χ2v) is 4.37. The van der Waals surface area contributed by atoms with Crippen LogP contribution in [0.3, 0.4) is 0 Å². The Hall–Kier alpha value is -1.36. The van der Waals surface area contributed by atoms with Crippen molar-refractivity contribution in [2.75, 3.05) is 0 Å². The van der Waals surface area contributed by atoms with Crippen LogP contribution in [0.2, 0.25) is 0 Å². The van der Waals surface area contributed by atoms with E-state index in [4.69, 9.17) is 4.74 Å². The highest BCUT2D eigenvalue weighted by Crippen LogP contribution is 2.26. The lowest BCUT2D eigenvalue weighted by Gasteiger charge is -2.06. The Balaban J connectivity index is 2.08. The lowest BCUT2D eigenvalue weighted by molar-refractivity contribution is 0.269. The second kappa shape index (κ2) is 4.65. The minimum Gasteiger partial charge on any atom is -0.486 e. The summed E-state index contributed by atoms with van der Waals surface area (Å²) < 4.78 is 11.1. The van der Waals surface area contributed by atoms with E-state index in [-0.39, 0.29) is 0 Å². The summed E-state index contributed by atoms with van der Waals surface area (Å²) in [6.45, 7) is 4.22. The van der Waals surface area contributed by atoms with Crippen LogP contribution in [0.15, 0.2) is 27.3 Å².